The van der Waals surface area contributed by atoms with Gasteiger partial charge in [-0.2, -0.15) is 0 Å². The molecule has 0 heterocycles. The van der Waals surface area contributed by atoms with Crippen LogP contribution in [0.15, 0.2) is 48.7 Å². The Bertz CT molecular complexity index is 663. The summed E-state index contributed by atoms with van der Waals surface area (Å²) in [5.41, 5.74) is 3.74. The summed E-state index contributed by atoms with van der Waals surface area (Å²) in [7, 11) is 0. The third-order valence-electron chi connectivity index (χ3n) is 2.99. The van der Waals surface area contributed by atoms with E-state index in [0.717, 1.165) is 22.4 Å². The van der Waals surface area contributed by atoms with E-state index in [-0.39, 0.29) is 11.8 Å². The van der Waals surface area contributed by atoms with E-state index in [1.54, 1.807) is 18.2 Å². The summed E-state index contributed by atoms with van der Waals surface area (Å²) in [4.78, 5) is 11.8. The van der Waals surface area contributed by atoms with E-state index in [2.05, 4.69) is 10.6 Å². The smallest absolute Gasteiger partial charge is 0.314 e. The van der Waals surface area contributed by atoms with Gasteiger partial charge in [0.2, 0.25) is 0 Å². The van der Waals surface area contributed by atoms with Gasteiger partial charge in [0.25, 0.3) is 0 Å². The zero-order valence-electron chi connectivity index (χ0n) is 12.0. The van der Waals surface area contributed by atoms with Gasteiger partial charge in [-0.1, -0.05) is 29.8 Å². The molecule has 0 spiro atoms. The Hall–Kier alpha value is -2.62. The second-order valence-electron chi connectivity index (χ2n) is 4.80. The molecule has 0 aliphatic heterocycles. The first-order valence-corrected chi connectivity index (χ1v) is 6.61. The van der Waals surface area contributed by atoms with Crippen LogP contribution in [0.3, 0.4) is 0 Å². The number of carbonyl (C=O) groups excluding carboxylic acids is 1. The van der Waals surface area contributed by atoms with Crippen LogP contribution in [0.5, 0.6) is 0 Å². The van der Waals surface area contributed by atoms with Gasteiger partial charge in [-0.25, -0.2) is 9.18 Å². The number of amides is 2. The van der Waals surface area contributed by atoms with E-state index in [1.807, 2.05) is 32.0 Å². The van der Waals surface area contributed by atoms with Crippen LogP contribution in [-0.4, -0.2) is 6.03 Å². The molecule has 0 bridgehead atoms. The lowest BCUT2D eigenvalue weighted by Crippen LogP contribution is -2.24. The number of carbonyl (C=O) groups is 1. The quantitative estimate of drug-likeness (QED) is 0.870. The first-order chi connectivity index (χ1) is 10.0. The highest BCUT2D eigenvalue weighted by Crippen LogP contribution is 2.15. The summed E-state index contributed by atoms with van der Waals surface area (Å²) in [5.74, 6) is -0.285. The zero-order valence-corrected chi connectivity index (χ0v) is 12.0. The molecule has 0 saturated carbocycles. The number of halogens is 1. The van der Waals surface area contributed by atoms with Crippen molar-refractivity contribution in [2.75, 3.05) is 5.32 Å². The Kier molecular flexibility index (Phi) is 4.72. The first kappa shape index (κ1) is 14.8. The Labute approximate surface area is 123 Å². The fraction of sp³-hybridized carbons (Fsp3) is 0.118. The Balaban J connectivity index is 1.91. The number of anilines is 1. The number of urea groups is 1. The van der Waals surface area contributed by atoms with Gasteiger partial charge in [-0.05, 0) is 49.2 Å². The maximum absolute atomic E-state index is 12.7. The van der Waals surface area contributed by atoms with Crippen molar-refractivity contribution in [1.29, 1.82) is 0 Å². The minimum absolute atomic E-state index is 0.285. The predicted molar refractivity (Wildman–Crippen MR) is 83.5 cm³/mol. The van der Waals surface area contributed by atoms with Crippen LogP contribution in [0.25, 0.3) is 6.08 Å². The molecule has 0 aliphatic carbocycles. The molecule has 0 unspecified atom stereocenters. The van der Waals surface area contributed by atoms with Crippen molar-refractivity contribution in [3.05, 3.63) is 71.2 Å². The molecule has 0 aliphatic rings. The zero-order chi connectivity index (χ0) is 15.2. The van der Waals surface area contributed by atoms with Crippen LogP contribution in [0.4, 0.5) is 14.9 Å². The molecule has 2 rings (SSSR count). The number of nitrogens with one attached hydrogen (secondary N) is 2. The lowest BCUT2D eigenvalue weighted by Gasteiger charge is -2.08. The molecular weight excluding hydrogens is 267 g/mol. The molecule has 3 nitrogen and oxygen atoms in total. The van der Waals surface area contributed by atoms with E-state index in [4.69, 9.17) is 0 Å². The molecule has 2 amide bonds. The van der Waals surface area contributed by atoms with Crippen molar-refractivity contribution in [3.8, 4) is 0 Å². The van der Waals surface area contributed by atoms with Crippen molar-refractivity contribution in [1.82, 2.24) is 5.32 Å². The van der Waals surface area contributed by atoms with Crippen molar-refractivity contribution in [2.45, 2.75) is 13.8 Å². The highest BCUT2D eigenvalue weighted by Gasteiger charge is 2.02. The van der Waals surface area contributed by atoms with Gasteiger partial charge in [-0.15, -0.1) is 0 Å². The van der Waals surface area contributed by atoms with E-state index in [0.29, 0.717) is 0 Å². The summed E-state index contributed by atoms with van der Waals surface area (Å²) in [5, 5.41) is 5.38. The molecular formula is C17H17FN2O. The van der Waals surface area contributed by atoms with Crippen LogP contribution in [-0.2, 0) is 0 Å². The summed E-state index contributed by atoms with van der Waals surface area (Å²) in [6, 6.07) is 11.5. The number of aryl methyl sites for hydroxylation is 2. The third kappa shape index (κ3) is 4.45. The van der Waals surface area contributed by atoms with Gasteiger partial charge in [0.1, 0.15) is 5.82 Å². The molecule has 2 aromatic carbocycles. The van der Waals surface area contributed by atoms with E-state index in [1.165, 1.54) is 18.3 Å². The Morgan fingerprint density at radius 1 is 1.10 bits per heavy atom. The lowest BCUT2D eigenvalue weighted by atomic mass is 10.1. The monoisotopic (exact) mass is 284 g/mol. The van der Waals surface area contributed by atoms with Crippen LogP contribution in [0.2, 0.25) is 0 Å². The summed E-state index contributed by atoms with van der Waals surface area (Å²) in [6.45, 7) is 3.94. The predicted octanol–water partition coefficient (Wildman–Crippen LogP) is 4.23. The van der Waals surface area contributed by atoms with Crippen LogP contribution in [0, 0.1) is 19.7 Å². The van der Waals surface area contributed by atoms with Crippen molar-refractivity contribution < 1.29 is 9.18 Å². The SMILES string of the molecule is Cc1ccc(NC(=O)N/C=C/c2ccc(F)cc2)c(C)c1. The molecule has 0 saturated heterocycles. The van der Waals surface area contributed by atoms with Crippen LogP contribution in [0.1, 0.15) is 16.7 Å². The van der Waals surface area contributed by atoms with E-state index in [9.17, 15) is 9.18 Å². The van der Waals surface area contributed by atoms with Gasteiger partial charge < -0.3 is 10.6 Å². The highest BCUT2D eigenvalue weighted by molar-refractivity contribution is 5.91. The first-order valence-electron chi connectivity index (χ1n) is 6.61. The Morgan fingerprint density at radius 2 is 1.81 bits per heavy atom. The van der Waals surface area contributed by atoms with E-state index >= 15 is 0 Å². The number of rotatable bonds is 3. The second-order valence-corrected chi connectivity index (χ2v) is 4.80. The van der Waals surface area contributed by atoms with Gasteiger partial charge in [0.15, 0.2) is 0 Å². The molecule has 0 atom stereocenters. The highest BCUT2D eigenvalue weighted by atomic mass is 19.1. The normalized spacial score (nSPS) is 10.6. The molecule has 0 fully saturated rings. The van der Waals surface area contributed by atoms with Gasteiger partial charge in [-0.3, -0.25) is 0 Å². The molecule has 0 radical (unpaired) electrons. The summed E-state index contributed by atoms with van der Waals surface area (Å²) < 4.78 is 12.7. The van der Waals surface area contributed by atoms with Crippen molar-refractivity contribution in [3.63, 3.8) is 0 Å². The molecule has 0 aromatic heterocycles. The fourth-order valence-corrected chi connectivity index (χ4v) is 1.90. The van der Waals surface area contributed by atoms with Gasteiger partial charge in [0, 0.05) is 11.9 Å². The minimum atomic E-state index is -0.319. The number of benzene rings is 2. The second kappa shape index (κ2) is 6.70. The maximum atomic E-state index is 12.7. The lowest BCUT2D eigenvalue weighted by molar-refractivity contribution is 0.255. The number of hydrogen-bond donors (Lipinski definition) is 2. The van der Waals surface area contributed by atoms with Crippen molar-refractivity contribution in [2.24, 2.45) is 0 Å². The van der Waals surface area contributed by atoms with Crippen LogP contribution < -0.4 is 10.6 Å². The molecule has 21 heavy (non-hydrogen) atoms. The molecule has 2 aromatic rings. The maximum Gasteiger partial charge on any atom is 0.323 e. The average molecular weight is 284 g/mol. The largest absolute Gasteiger partial charge is 0.323 e. The standard InChI is InChI=1S/C17H17FN2O/c1-12-3-8-16(13(2)11-12)20-17(21)19-10-9-14-4-6-15(18)7-5-14/h3-11H,1-2H3,(H2,19,20,21)/b10-9+. The number of hydrogen-bond acceptors (Lipinski definition) is 1. The van der Waals surface area contributed by atoms with Crippen molar-refractivity contribution >= 4 is 17.8 Å². The topological polar surface area (TPSA) is 41.1 Å². The third-order valence-corrected chi connectivity index (χ3v) is 2.99. The summed E-state index contributed by atoms with van der Waals surface area (Å²) >= 11 is 0. The Morgan fingerprint density at radius 3 is 2.48 bits per heavy atom. The minimum Gasteiger partial charge on any atom is -0.314 e. The summed E-state index contributed by atoms with van der Waals surface area (Å²) in [6.07, 6.45) is 3.22. The fourth-order valence-electron chi connectivity index (χ4n) is 1.90. The molecule has 4 heteroatoms. The molecule has 2 N–H and O–H groups in total. The van der Waals surface area contributed by atoms with Gasteiger partial charge in [0.05, 0.1) is 0 Å². The average Bonchev–Trinajstić information content (AvgIpc) is 2.44. The van der Waals surface area contributed by atoms with E-state index < -0.39 is 0 Å². The van der Waals surface area contributed by atoms with Crippen LogP contribution >= 0.6 is 0 Å². The van der Waals surface area contributed by atoms with Gasteiger partial charge >= 0.3 is 6.03 Å². The molecule has 108 valence electrons.